The van der Waals surface area contributed by atoms with E-state index in [4.69, 9.17) is 28.9 Å². The largest absolute Gasteiger partial charge is 0.432 e. The summed E-state index contributed by atoms with van der Waals surface area (Å²) in [4.78, 5) is 38.0. The van der Waals surface area contributed by atoms with Gasteiger partial charge in [-0.25, -0.2) is 9.67 Å². The van der Waals surface area contributed by atoms with Crippen LogP contribution in [-0.2, 0) is 20.5 Å². The fourth-order valence-corrected chi connectivity index (χ4v) is 9.19. The quantitative estimate of drug-likeness (QED) is 0.131. The summed E-state index contributed by atoms with van der Waals surface area (Å²) in [6.07, 6.45) is 6.70. The number of aliphatic hydroxyl groups is 1. The lowest BCUT2D eigenvalue weighted by Gasteiger charge is -2.43. The molecule has 2 aliphatic heterocycles. The summed E-state index contributed by atoms with van der Waals surface area (Å²) in [6, 6.07) is 0.0734. The van der Waals surface area contributed by atoms with E-state index in [-0.39, 0.29) is 45.7 Å². The third-order valence-electron chi connectivity index (χ3n) is 12.9. The predicted molar refractivity (Wildman–Crippen MR) is 212 cm³/mol. The van der Waals surface area contributed by atoms with Crippen molar-refractivity contribution < 1.29 is 28.6 Å². The van der Waals surface area contributed by atoms with Crippen LogP contribution in [0.4, 0.5) is 5.82 Å². The number of hydrogen-bond acceptors (Lipinski definition) is 11. The first-order valence-corrected chi connectivity index (χ1v) is 27.6. The highest BCUT2D eigenvalue weighted by Gasteiger charge is 2.54. The molecule has 13 nitrogen and oxygen atoms in total. The van der Waals surface area contributed by atoms with Crippen molar-refractivity contribution in [3.8, 4) is 5.95 Å². The van der Waals surface area contributed by atoms with Crippen LogP contribution in [0.2, 0.25) is 54.4 Å². The summed E-state index contributed by atoms with van der Waals surface area (Å²) in [5, 5.41) is 17.1. The summed E-state index contributed by atoms with van der Waals surface area (Å²) in [5.74, 6) is 0.888. The van der Waals surface area contributed by atoms with Gasteiger partial charge in [-0.3, -0.25) is 4.57 Å². The Morgan fingerprint density at radius 2 is 1.58 bits per heavy atom. The average Bonchev–Trinajstić information content (AvgIpc) is 3.82. The molecule has 0 aliphatic carbocycles. The zero-order chi connectivity index (χ0) is 38.7. The summed E-state index contributed by atoms with van der Waals surface area (Å²) in [7, 11) is -7.40. The van der Waals surface area contributed by atoms with E-state index in [0.717, 1.165) is 12.8 Å². The lowest BCUT2D eigenvalue weighted by Crippen LogP contribution is -2.46. The van der Waals surface area contributed by atoms with Crippen LogP contribution >= 0.6 is 0 Å². The maximum absolute atomic E-state index is 11.6. The van der Waals surface area contributed by atoms with Crippen molar-refractivity contribution in [2.24, 2.45) is 11.8 Å². The maximum Gasteiger partial charge on any atom is 0.254 e. The molecule has 0 aromatic carbocycles. The first-order chi connectivity index (χ1) is 23.8. The van der Waals surface area contributed by atoms with Crippen molar-refractivity contribution >= 4 is 41.9 Å². The van der Waals surface area contributed by atoms with Crippen LogP contribution in [0.1, 0.15) is 79.5 Å². The van der Waals surface area contributed by atoms with Crippen LogP contribution in [0.15, 0.2) is 18.7 Å². The Hall–Kier alpha value is -2.03. The first kappa shape index (κ1) is 41.1. The second-order valence-electron chi connectivity index (χ2n) is 19.1. The molecule has 0 amide bonds. The number of nitrogens with zero attached hydrogens (tertiary/aromatic N) is 6. The molecular formula is C36H65N7O6Si3. The lowest BCUT2D eigenvalue weighted by molar-refractivity contribution is -0.0353. The smallest absolute Gasteiger partial charge is 0.254 e. The van der Waals surface area contributed by atoms with E-state index >= 15 is 0 Å². The fraction of sp³-hybridized carbons (Fsp3) is 0.778. The normalized spacial score (nSPS) is 24.0. The zero-order valence-electron chi connectivity index (χ0n) is 33.8. The summed E-state index contributed by atoms with van der Waals surface area (Å²) < 4.78 is 23.4. The molecule has 1 unspecified atom stereocenters. The minimum atomic E-state index is -2.65. The third kappa shape index (κ3) is 8.44. The number of anilines is 1. The molecule has 5 atom stereocenters. The van der Waals surface area contributed by atoms with Gasteiger partial charge in [0.05, 0.1) is 44.5 Å². The Morgan fingerprint density at radius 1 is 0.942 bits per heavy atom. The number of rotatable bonds is 14. The minimum Gasteiger partial charge on any atom is -0.432 e. The van der Waals surface area contributed by atoms with E-state index in [1.54, 1.807) is 23.4 Å². The molecule has 2 saturated heterocycles. The number of hydrogen-bond donors (Lipinski definition) is 4. The van der Waals surface area contributed by atoms with Crippen LogP contribution in [0.3, 0.4) is 0 Å². The molecule has 2 fully saturated rings. The van der Waals surface area contributed by atoms with E-state index in [1.165, 1.54) is 0 Å². The molecule has 5 rings (SSSR count). The van der Waals surface area contributed by atoms with Gasteiger partial charge < -0.3 is 33.9 Å². The maximum atomic E-state index is 11.6. The van der Waals surface area contributed by atoms with E-state index in [2.05, 4.69) is 72.0 Å². The Bertz CT molecular complexity index is 1690. The molecule has 0 spiro atoms. The van der Waals surface area contributed by atoms with Crippen LogP contribution in [0.25, 0.3) is 17.1 Å². The van der Waals surface area contributed by atoms with Crippen molar-refractivity contribution in [2.75, 3.05) is 25.1 Å². The molecule has 2 aliphatic rings. The molecular weight excluding hydrogens is 711 g/mol. The second kappa shape index (κ2) is 14.6. The van der Waals surface area contributed by atoms with Crippen molar-refractivity contribution in [1.29, 1.82) is 0 Å². The van der Waals surface area contributed by atoms with Gasteiger partial charge in [0.2, 0.25) is 0 Å². The summed E-state index contributed by atoms with van der Waals surface area (Å²) in [6.45, 7) is 29.6. The van der Waals surface area contributed by atoms with E-state index < -0.39 is 31.2 Å². The molecule has 16 heteroatoms. The Labute approximate surface area is 313 Å². The van der Waals surface area contributed by atoms with Crippen LogP contribution in [0.5, 0.6) is 0 Å². The molecule has 292 valence electrons. The van der Waals surface area contributed by atoms with E-state index in [0.29, 0.717) is 54.7 Å². The Balaban J connectivity index is 1.67. The van der Waals surface area contributed by atoms with Crippen molar-refractivity contribution in [3.63, 3.8) is 0 Å². The fourth-order valence-electron chi connectivity index (χ4n) is 6.71. The molecule has 3 aromatic heterocycles. The number of aliphatic hydroxyl groups excluding tert-OH is 1. The topological polar surface area (TPSA) is 162 Å². The number of ether oxygens (including phenoxy) is 2. The van der Waals surface area contributed by atoms with Gasteiger partial charge in [0.25, 0.3) is 5.95 Å². The van der Waals surface area contributed by atoms with Crippen molar-refractivity contribution in [3.05, 3.63) is 24.3 Å². The van der Waals surface area contributed by atoms with E-state index in [9.17, 15) is 14.7 Å². The van der Waals surface area contributed by atoms with E-state index in [1.807, 2.05) is 30.8 Å². The van der Waals surface area contributed by atoms with Gasteiger partial charge in [-0.05, 0) is 79.6 Å². The standard InChI is InChI=1S/C36H65N7O6Si3/c1-34(2,3)52(12,13)48-22-28-26(16-35(4,5)50(8,9)45)27(17-36(6,7)51(10,11)46)32(49-28)42-23-37-29-30(39-25-14-15-47-21-25)40-33(41-31(29)42)43-19-24(20-44)18-38-43/h18-19,23,25-28,32,44-46H,14-17,20-22H2,1-13H3,(H,39,40,41)/t25?,26-,27+,28+,32+/m0/s1. The van der Waals surface area contributed by atoms with Gasteiger partial charge in [0, 0.05) is 24.3 Å². The van der Waals surface area contributed by atoms with Gasteiger partial charge in [-0.2, -0.15) is 15.1 Å². The highest BCUT2D eigenvalue weighted by molar-refractivity contribution is 6.74. The van der Waals surface area contributed by atoms with Gasteiger partial charge in [0.15, 0.2) is 41.9 Å². The van der Waals surface area contributed by atoms with Gasteiger partial charge in [-0.15, -0.1) is 0 Å². The number of fused-ring (bicyclic) bond motifs is 1. The Kier molecular flexibility index (Phi) is 11.5. The van der Waals surface area contributed by atoms with Crippen molar-refractivity contribution in [1.82, 2.24) is 29.3 Å². The zero-order valence-corrected chi connectivity index (χ0v) is 36.8. The lowest BCUT2D eigenvalue weighted by atomic mass is 9.78. The average molecular weight is 776 g/mol. The molecule has 3 aromatic rings. The van der Waals surface area contributed by atoms with Gasteiger partial charge in [0.1, 0.15) is 6.23 Å². The number of nitrogens with one attached hydrogen (secondary N) is 1. The van der Waals surface area contributed by atoms with Crippen LogP contribution in [0, 0.1) is 11.8 Å². The molecule has 0 radical (unpaired) electrons. The highest BCUT2D eigenvalue weighted by atomic mass is 28.4. The minimum absolute atomic E-state index is 0.0181. The van der Waals surface area contributed by atoms with Crippen LogP contribution < -0.4 is 5.32 Å². The molecule has 4 N–H and O–H groups in total. The summed E-state index contributed by atoms with van der Waals surface area (Å²) in [5.41, 5.74) is 1.87. The number of imidazole rings is 1. The number of aromatic nitrogens is 6. The van der Waals surface area contributed by atoms with Gasteiger partial charge >= 0.3 is 0 Å². The molecule has 0 saturated carbocycles. The third-order valence-corrected chi connectivity index (χ3v) is 24.4. The molecule has 5 heterocycles. The monoisotopic (exact) mass is 775 g/mol. The highest BCUT2D eigenvalue weighted by Crippen LogP contribution is 2.56. The Morgan fingerprint density at radius 3 is 2.12 bits per heavy atom. The SMILES string of the molecule is CC(C)(C[C@@H]1[C@H](CC(C)(C)[Si](C)(C)O)[C@@H](CO[Si](C)(C)C(C)(C)C)O[C@H]1n1cnc2c(NC3CCOC3)nc(-n3cc(CO)cn3)nc21)[Si](C)(C)O. The summed E-state index contributed by atoms with van der Waals surface area (Å²) >= 11 is 0. The second-order valence-corrected chi connectivity index (χ2v) is 32.9. The van der Waals surface area contributed by atoms with Gasteiger partial charge in [-0.1, -0.05) is 48.5 Å². The van der Waals surface area contributed by atoms with Crippen LogP contribution in [-0.4, -0.2) is 101 Å². The first-order valence-electron chi connectivity index (χ1n) is 18.8. The van der Waals surface area contributed by atoms with Crippen molar-refractivity contribution in [2.45, 2.75) is 147 Å². The predicted octanol–water partition coefficient (Wildman–Crippen LogP) is 6.59. The molecule has 52 heavy (non-hydrogen) atoms. The molecule has 0 bridgehead atoms.